The topological polar surface area (TPSA) is 253 Å². The standard InChI is InChI=1S/C54H88N8O12S4/c1-14-32(6)45(41(73-12)24-42(65)61-22-18-21-39(61)46(74-13)33(7)49(66)57-36(54(71)72)23-35-19-16-15-17-20-35)60(11)51(68)43(30(2)3)58-50(67)44(31(4)5)59(10)29-62-52(69)47(77-27-40(64)38(26-76)55-9)48(53(62)70)78-28-56-37(25-75)34(8)63/h15-17,19-20,30-33,36-39,41,43-48,55-56,75-76H,14,18,21-29H2,1-13H3,(H,57,66)(H,58,67)(H,71,72)/t32-,33+,36-,37-,38-,39-,41+,43-,44-,45?,46+,47?,48?/m0/s1. The number of hydrogen-bond donors (Lipinski definition) is 7. The number of nitrogens with one attached hydrogen (secondary N) is 4. The zero-order valence-electron chi connectivity index (χ0n) is 47.8. The van der Waals surface area contributed by atoms with Gasteiger partial charge in [0, 0.05) is 51.6 Å². The number of aliphatic carboxylic acids is 1. The first-order valence-corrected chi connectivity index (χ1v) is 30.1. The summed E-state index contributed by atoms with van der Waals surface area (Å²) in [4.78, 5) is 129. The van der Waals surface area contributed by atoms with Crippen molar-refractivity contribution in [1.82, 2.24) is 40.9 Å². The van der Waals surface area contributed by atoms with Gasteiger partial charge in [-0.1, -0.05) is 85.2 Å². The molecule has 3 unspecified atom stereocenters. The molecule has 0 aromatic heterocycles. The molecule has 440 valence electrons. The fourth-order valence-corrected chi connectivity index (χ4v) is 13.7. The monoisotopic (exact) mass is 1170 g/mol. The lowest BCUT2D eigenvalue weighted by Gasteiger charge is -2.41. The zero-order chi connectivity index (χ0) is 58.7. The van der Waals surface area contributed by atoms with Crippen molar-refractivity contribution in [3.63, 3.8) is 0 Å². The summed E-state index contributed by atoms with van der Waals surface area (Å²) < 4.78 is 12.0. The van der Waals surface area contributed by atoms with Crippen molar-refractivity contribution in [3.8, 4) is 0 Å². The number of carboxylic acids is 1. The molecule has 0 radical (unpaired) electrons. The van der Waals surface area contributed by atoms with Crippen molar-refractivity contribution in [3.05, 3.63) is 35.9 Å². The third-order valence-electron chi connectivity index (χ3n) is 15.0. The van der Waals surface area contributed by atoms with Gasteiger partial charge in [-0.25, -0.2) is 4.79 Å². The molecule has 78 heavy (non-hydrogen) atoms. The van der Waals surface area contributed by atoms with Gasteiger partial charge in [0.05, 0.1) is 67.2 Å². The molecule has 0 saturated carbocycles. The van der Waals surface area contributed by atoms with Crippen LogP contribution in [0.5, 0.6) is 0 Å². The van der Waals surface area contributed by atoms with Crippen LogP contribution < -0.4 is 21.3 Å². The van der Waals surface area contributed by atoms with E-state index in [1.807, 2.05) is 47.6 Å². The van der Waals surface area contributed by atoms with Gasteiger partial charge in [-0.2, -0.15) is 25.3 Å². The van der Waals surface area contributed by atoms with Crippen LogP contribution in [0.15, 0.2) is 30.3 Å². The van der Waals surface area contributed by atoms with Gasteiger partial charge in [-0.3, -0.25) is 53.5 Å². The van der Waals surface area contributed by atoms with E-state index in [4.69, 9.17) is 9.47 Å². The smallest absolute Gasteiger partial charge is 0.326 e. The van der Waals surface area contributed by atoms with E-state index in [1.165, 1.54) is 21.1 Å². The Morgan fingerprint density at radius 2 is 1.46 bits per heavy atom. The molecule has 2 aliphatic rings. The maximum atomic E-state index is 14.9. The summed E-state index contributed by atoms with van der Waals surface area (Å²) >= 11 is 10.7. The van der Waals surface area contributed by atoms with Gasteiger partial charge in [0.25, 0.3) is 0 Å². The number of methoxy groups -OCH3 is 2. The third-order valence-corrected chi connectivity index (χ3v) is 18.4. The van der Waals surface area contributed by atoms with Gasteiger partial charge in [-0.05, 0) is 57.2 Å². The Morgan fingerprint density at radius 3 is 1.97 bits per heavy atom. The third kappa shape index (κ3) is 18.4. The molecule has 0 spiro atoms. The second-order valence-electron chi connectivity index (χ2n) is 21.1. The normalized spacial score (nSPS) is 20.7. The van der Waals surface area contributed by atoms with Crippen molar-refractivity contribution < 1.29 is 57.7 Å². The number of nitrogens with zero attached hydrogens (tertiary/aromatic N) is 4. The Morgan fingerprint density at radius 1 is 0.846 bits per heavy atom. The van der Waals surface area contributed by atoms with Crippen LogP contribution in [0.2, 0.25) is 0 Å². The summed E-state index contributed by atoms with van der Waals surface area (Å²) in [6.45, 7) is 14.4. The minimum absolute atomic E-state index is 0.0596. The van der Waals surface area contributed by atoms with E-state index in [2.05, 4.69) is 46.5 Å². The molecular formula is C54H88N8O12S4. The molecule has 20 nitrogen and oxygen atoms in total. The summed E-state index contributed by atoms with van der Waals surface area (Å²) in [5.41, 5.74) is 0.750. The van der Waals surface area contributed by atoms with Gasteiger partial charge in [0.1, 0.15) is 28.4 Å². The van der Waals surface area contributed by atoms with Crippen LogP contribution in [0.3, 0.4) is 0 Å². The van der Waals surface area contributed by atoms with Gasteiger partial charge in [0.2, 0.25) is 35.4 Å². The van der Waals surface area contributed by atoms with Gasteiger partial charge in [-0.15, -0.1) is 23.5 Å². The lowest BCUT2D eigenvalue weighted by atomic mass is 9.89. The lowest BCUT2D eigenvalue weighted by Crippen LogP contribution is -2.60. The number of likely N-dealkylation sites (tertiary alicyclic amines) is 2. The number of Topliss-reactive ketones (excluding diaryl/α,β-unsaturated/α-hetero) is 2. The number of benzene rings is 1. The van der Waals surface area contributed by atoms with Gasteiger partial charge in [0.15, 0.2) is 5.78 Å². The number of likely N-dealkylation sites (N-methyl/N-ethyl adjacent to an activating group) is 3. The molecule has 3 rings (SSSR count). The molecule has 1 aromatic rings. The molecule has 1 aromatic carbocycles. The second-order valence-corrected chi connectivity index (χ2v) is 24.1. The molecule has 24 heteroatoms. The average molecular weight is 1170 g/mol. The van der Waals surface area contributed by atoms with Gasteiger partial charge >= 0.3 is 5.97 Å². The molecular weight excluding hydrogens is 1080 g/mol. The van der Waals surface area contributed by atoms with E-state index < -0.39 is 112 Å². The summed E-state index contributed by atoms with van der Waals surface area (Å²) in [7, 11) is 7.86. The van der Waals surface area contributed by atoms with Crippen LogP contribution >= 0.6 is 48.8 Å². The Hall–Kier alpha value is -3.75. The fraction of sp³-hybridized carbons (Fsp3) is 0.722. The number of carboxylic acid groups (broad SMARTS) is 1. The second kappa shape index (κ2) is 33.2. The summed E-state index contributed by atoms with van der Waals surface area (Å²) in [5.74, 6) is -5.43. The van der Waals surface area contributed by atoms with E-state index >= 15 is 0 Å². The number of rotatable bonds is 35. The van der Waals surface area contributed by atoms with Crippen molar-refractivity contribution >= 4 is 102 Å². The number of carbonyl (C=O) groups excluding carboxylic acids is 8. The molecule has 13 atom stereocenters. The minimum atomic E-state index is -1.18. The zero-order valence-corrected chi connectivity index (χ0v) is 51.2. The predicted molar refractivity (Wildman–Crippen MR) is 311 cm³/mol. The van der Waals surface area contributed by atoms with Crippen LogP contribution in [0.25, 0.3) is 0 Å². The molecule has 2 saturated heterocycles. The molecule has 0 bridgehead atoms. The number of amides is 6. The SMILES string of the molecule is CC[C@H](C)C([C@@H](CC(=O)N1CCC[C@H]1[C@H](OC)[C@@H](C)C(=O)N[C@@H](Cc1ccccc1)C(=O)O)OC)N(C)C(=O)[C@@H](NC(=O)[C@H](C(C)C)N(C)CN1C(=O)C(SCN[C@@H](CS)C(C)=O)C(SCC(=O)[C@H](CS)NC)C1=O)C(C)C. The molecule has 2 fully saturated rings. The number of imide groups is 1. The maximum Gasteiger partial charge on any atom is 0.326 e. The highest BCUT2D eigenvalue weighted by molar-refractivity contribution is 8.05. The summed E-state index contributed by atoms with van der Waals surface area (Å²) in [6.07, 6.45) is 0.207. The number of thioether (sulfide) groups is 2. The highest BCUT2D eigenvalue weighted by Crippen LogP contribution is 2.35. The molecule has 0 aliphatic carbocycles. The van der Waals surface area contributed by atoms with Crippen LogP contribution in [0.1, 0.15) is 86.6 Å². The van der Waals surface area contributed by atoms with Crippen LogP contribution in [0.4, 0.5) is 0 Å². The Balaban J connectivity index is 1.82. The van der Waals surface area contributed by atoms with Crippen LogP contribution in [-0.2, 0) is 59.0 Å². The quantitative estimate of drug-likeness (QED) is 0.0293. The molecule has 2 aliphatic heterocycles. The molecule has 6 amide bonds. The van der Waals surface area contributed by atoms with Crippen LogP contribution in [0, 0.1) is 23.7 Å². The number of carbonyl (C=O) groups is 9. The van der Waals surface area contributed by atoms with Crippen LogP contribution in [-0.4, -0.2) is 214 Å². The Kier molecular flexibility index (Phi) is 29.2. The van der Waals surface area contributed by atoms with E-state index in [-0.39, 0.29) is 72.0 Å². The Bertz CT molecular complexity index is 2180. The lowest BCUT2D eigenvalue weighted by molar-refractivity contribution is -0.149. The van der Waals surface area contributed by atoms with E-state index in [0.717, 1.165) is 34.0 Å². The number of thiol groups is 2. The predicted octanol–water partition coefficient (Wildman–Crippen LogP) is 2.87. The van der Waals surface area contributed by atoms with Crippen molar-refractivity contribution in [2.24, 2.45) is 23.7 Å². The number of hydrogen-bond acceptors (Lipinski definition) is 18. The number of ether oxygens (including phenoxy) is 2. The largest absolute Gasteiger partial charge is 0.480 e. The molecule has 2 heterocycles. The highest BCUT2D eigenvalue weighted by Gasteiger charge is 2.50. The Labute approximate surface area is 481 Å². The van der Waals surface area contributed by atoms with E-state index in [9.17, 15) is 48.3 Å². The highest BCUT2D eigenvalue weighted by atomic mass is 32.2. The first-order valence-electron chi connectivity index (χ1n) is 26.8. The average Bonchev–Trinajstić information content (AvgIpc) is 3.98. The fourth-order valence-electron chi connectivity index (χ4n) is 10.3. The van der Waals surface area contributed by atoms with E-state index in [1.54, 1.807) is 67.0 Å². The summed E-state index contributed by atoms with van der Waals surface area (Å²) in [5, 5.41) is 19.8. The van der Waals surface area contributed by atoms with E-state index in [0.29, 0.717) is 25.8 Å². The first-order chi connectivity index (χ1) is 36.8. The van der Waals surface area contributed by atoms with Gasteiger partial charge < -0.3 is 40.3 Å². The van der Waals surface area contributed by atoms with Crippen molar-refractivity contribution in [1.29, 1.82) is 0 Å². The first kappa shape index (κ1) is 68.5. The summed E-state index contributed by atoms with van der Waals surface area (Å²) in [6, 6.07) is 3.59. The minimum Gasteiger partial charge on any atom is -0.480 e. The van der Waals surface area contributed by atoms with Crippen molar-refractivity contribution in [2.75, 3.05) is 71.7 Å². The number of ketones is 2. The molecule has 5 N–H and O–H groups in total. The van der Waals surface area contributed by atoms with Crippen molar-refractivity contribution in [2.45, 2.75) is 152 Å². The maximum absolute atomic E-state index is 14.9.